The zero-order valence-corrected chi connectivity index (χ0v) is 9.71. The molecule has 0 aliphatic rings. The fourth-order valence-electron chi connectivity index (χ4n) is 1.74. The summed E-state index contributed by atoms with van der Waals surface area (Å²) in [6.07, 6.45) is -0.445. The minimum absolute atomic E-state index is 0.445. The summed E-state index contributed by atoms with van der Waals surface area (Å²) in [6.45, 7) is 1.35. The van der Waals surface area contributed by atoms with E-state index in [-0.39, 0.29) is 0 Å². The molecule has 0 aromatic heterocycles. The molecule has 0 saturated carbocycles. The standard InChI is InChI=1S/C15H17NO/c17-15(14-9-5-2-6-10-14)12-16-11-13-7-3-1-4-8-13/h1-10,15-17H,11-12H2/t15-/m0/s1. The van der Waals surface area contributed by atoms with Gasteiger partial charge < -0.3 is 10.4 Å². The molecule has 17 heavy (non-hydrogen) atoms. The number of aliphatic hydroxyl groups excluding tert-OH is 1. The van der Waals surface area contributed by atoms with E-state index in [2.05, 4.69) is 17.4 Å². The molecule has 2 rings (SSSR count). The number of hydrogen-bond donors (Lipinski definition) is 2. The van der Waals surface area contributed by atoms with Crippen molar-refractivity contribution < 1.29 is 5.11 Å². The van der Waals surface area contributed by atoms with Crippen LogP contribution in [0.4, 0.5) is 0 Å². The molecule has 2 heteroatoms. The van der Waals surface area contributed by atoms with Crippen molar-refractivity contribution in [2.45, 2.75) is 12.6 Å². The van der Waals surface area contributed by atoms with E-state index >= 15 is 0 Å². The molecule has 0 saturated heterocycles. The Bertz CT molecular complexity index is 427. The molecule has 88 valence electrons. The SMILES string of the molecule is O[C@@H](CNCc1ccccc1)c1ccccc1. The molecule has 2 nitrogen and oxygen atoms in total. The Labute approximate surface area is 102 Å². The normalized spacial score (nSPS) is 12.3. The van der Waals surface area contributed by atoms with Gasteiger partial charge >= 0.3 is 0 Å². The molecule has 2 aromatic rings. The quantitative estimate of drug-likeness (QED) is 0.822. The van der Waals surface area contributed by atoms with Crippen molar-refractivity contribution in [2.75, 3.05) is 6.54 Å². The van der Waals surface area contributed by atoms with Gasteiger partial charge in [-0.3, -0.25) is 0 Å². The zero-order chi connectivity index (χ0) is 11.9. The third-order valence-corrected chi connectivity index (χ3v) is 2.69. The number of aliphatic hydroxyl groups is 1. The zero-order valence-electron chi connectivity index (χ0n) is 9.71. The van der Waals surface area contributed by atoms with Crippen molar-refractivity contribution in [3.8, 4) is 0 Å². The molecular weight excluding hydrogens is 210 g/mol. The Hall–Kier alpha value is -1.64. The Morgan fingerprint density at radius 1 is 0.882 bits per heavy atom. The number of benzene rings is 2. The third-order valence-electron chi connectivity index (χ3n) is 2.69. The first-order valence-electron chi connectivity index (χ1n) is 5.84. The van der Waals surface area contributed by atoms with Gasteiger partial charge in [-0.05, 0) is 11.1 Å². The lowest BCUT2D eigenvalue weighted by Gasteiger charge is -2.12. The van der Waals surface area contributed by atoms with E-state index < -0.39 is 6.10 Å². The fourth-order valence-corrected chi connectivity index (χ4v) is 1.74. The van der Waals surface area contributed by atoms with E-state index in [1.807, 2.05) is 48.5 Å². The molecule has 0 aliphatic carbocycles. The molecule has 2 N–H and O–H groups in total. The molecule has 0 fully saturated rings. The highest BCUT2D eigenvalue weighted by molar-refractivity contribution is 5.18. The summed E-state index contributed by atoms with van der Waals surface area (Å²) >= 11 is 0. The molecule has 0 bridgehead atoms. The molecule has 0 heterocycles. The van der Waals surface area contributed by atoms with Crippen molar-refractivity contribution in [3.05, 3.63) is 71.8 Å². The van der Waals surface area contributed by atoms with E-state index in [1.165, 1.54) is 5.56 Å². The second-order valence-electron chi connectivity index (χ2n) is 4.04. The third kappa shape index (κ3) is 3.70. The van der Waals surface area contributed by atoms with Crippen LogP contribution in [0.1, 0.15) is 17.2 Å². The van der Waals surface area contributed by atoms with Gasteiger partial charge in [0.25, 0.3) is 0 Å². The Morgan fingerprint density at radius 3 is 2.12 bits per heavy atom. The van der Waals surface area contributed by atoms with Gasteiger partial charge in [-0.1, -0.05) is 60.7 Å². The molecule has 0 amide bonds. The smallest absolute Gasteiger partial charge is 0.0914 e. The minimum atomic E-state index is -0.445. The van der Waals surface area contributed by atoms with Gasteiger partial charge in [0.2, 0.25) is 0 Å². The van der Waals surface area contributed by atoms with Gasteiger partial charge in [0.1, 0.15) is 0 Å². The summed E-state index contributed by atoms with van der Waals surface area (Å²) in [4.78, 5) is 0. The van der Waals surface area contributed by atoms with Crippen LogP contribution >= 0.6 is 0 Å². The van der Waals surface area contributed by atoms with Gasteiger partial charge in [-0.25, -0.2) is 0 Å². The summed E-state index contributed by atoms with van der Waals surface area (Å²) < 4.78 is 0. The van der Waals surface area contributed by atoms with Crippen LogP contribution in [-0.2, 0) is 6.54 Å². The maximum absolute atomic E-state index is 9.94. The van der Waals surface area contributed by atoms with Crippen LogP contribution in [0.3, 0.4) is 0 Å². The lowest BCUT2D eigenvalue weighted by atomic mass is 10.1. The Kier molecular flexibility index (Phi) is 4.30. The van der Waals surface area contributed by atoms with E-state index in [1.54, 1.807) is 0 Å². The summed E-state index contributed by atoms with van der Waals surface area (Å²) in [5.74, 6) is 0. The number of nitrogens with one attached hydrogen (secondary N) is 1. The maximum atomic E-state index is 9.94. The highest BCUT2D eigenvalue weighted by Crippen LogP contribution is 2.10. The summed E-state index contributed by atoms with van der Waals surface area (Å²) in [5, 5.41) is 13.2. The second kappa shape index (κ2) is 6.18. The first kappa shape index (κ1) is 11.8. The Balaban J connectivity index is 1.79. The van der Waals surface area contributed by atoms with Crippen LogP contribution in [0.25, 0.3) is 0 Å². The van der Waals surface area contributed by atoms with Crippen LogP contribution in [0, 0.1) is 0 Å². The maximum Gasteiger partial charge on any atom is 0.0914 e. The van der Waals surface area contributed by atoms with Crippen LogP contribution < -0.4 is 5.32 Å². The van der Waals surface area contributed by atoms with Crippen LogP contribution in [0.5, 0.6) is 0 Å². The first-order chi connectivity index (χ1) is 8.36. The molecule has 0 radical (unpaired) electrons. The molecule has 1 atom stereocenters. The van der Waals surface area contributed by atoms with E-state index in [4.69, 9.17) is 0 Å². The average molecular weight is 227 g/mol. The molecule has 0 aliphatic heterocycles. The highest BCUT2D eigenvalue weighted by atomic mass is 16.3. The Morgan fingerprint density at radius 2 is 1.47 bits per heavy atom. The molecule has 0 spiro atoms. The predicted molar refractivity (Wildman–Crippen MR) is 69.6 cm³/mol. The topological polar surface area (TPSA) is 32.3 Å². The van der Waals surface area contributed by atoms with Crippen LogP contribution in [0.15, 0.2) is 60.7 Å². The van der Waals surface area contributed by atoms with E-state index in [0.717, 1.165) is 12.1 Å². The first-order valence-corrected chi connectivity index (χ1v) is 5.84. The van der Waals surface area contributed by atoms with Crippen molar-refractivity contribution in [3.63, 3.8) is 0 Å². The van der Waals surface area contributed by atoms with Gasteiger partial charge in [-0.15, -0.1) is 0 Å². The number of rotatable bonds is 5. The monoisotopic (exact) mass is 227 g/mol. The fraction of sp³-hybridized carbons (Fsp3) is 0.200. The largest absolute Gasteiger partial charge is 0.387 e. The second-order valence-corrected chi connectivity index (χ2v) is 4.04. The van der Waals surface area contributed by atoms with Crippen molar-refractivity contribution in [1.29, 1.82) is 0 Å². The van der Waals surface area contributed by atoms with Crippen molar-refractivity contribution >= 4 is 0 Å². The molecule has 0 unspecified atom stereocenters. The number of hydrogen-bond acceptors (Lipinski definition) is 2. The average Bonchev–Trinajstić information content (AvgIpc) is 2.41. The van der Waals surface area contributed by atoms with Gasteiger partial charge in [0.05, 0.1) is 6.10 Å². The predicted octanol–water partition coefficient (Wildman–Crippen LogP) is 2.51. The van der Waals surface area contributed by atoms with Gasteiger partial charge in [0, 0.05) is 13.1 Å². The summed E-state index contributed by atoms with van der Waals surface area (Å²) in [5.41, 5.74) is 2.18. The molecule has 2 aromatic carbocycles. The van der Waals surface area contributed by atoms with Gasteiger partial charge in [-0.2, -0.15) is 0 Å². The van der Waals surface area contributed by atoms with E-state index in [0.29, 0.717) is 6.54 Å². The lowest BCUT2D eigenvalue weighted by Crippen LogP contribution is -2.20. The lowest BCUT2D eigenvalue weighted by molar-refractivity contribution is 0.174. The van der Waals surface area contributed by atoms with Crippen molar-refractivity contribution in [1.82, 2.24) is 5.32 Å². The van der Waals surface area contributed by atoms with Crippen LogP contribution in [0.2, 0.25) is 0 Å². The van der Waals surface area contributed by atoms with Crippen molar-refractivity contribution in [2.24, 2.45) is 0 Å². The summed E-state index contributed by atoms with van der Waals surface area (Å²) in [6, 6.07) is 19.9. The summed E-state index contributed by atoms with van der Waals surface area (Å²) in [7, 11) is 0. The molecular formula is C15H17NO. The highest BCUT2D eigenvalue weighted by Gasteiger charge is 2.05. The van der Waals surface area contributed by atoms with Gasteiger partial charge in [0.15, 0.2) is 0 Å². The van der Waals surface area contributed by atoms with E-state index in [9.17, 15) is 5.11 Å². The minimum Gasteiger partial charge on any atom is -0.387 e. The van der Waals surface area contributed by atoms with Crippen LogP contribution in [-0.4, -0.2) is 11.7 Å².